The van der Waals surface area contributed by atoms with Crippen molar-refractivity contribution in [1.82, 2.24) is 10.6 Å². The zero-order valence-corrected chi connectivity index (χ0v) is 17.2. The van der Waals surface area contributed by atoms with Gasteiger partial charge in [0.25, 0.3) is 0 Å². The second-order valence-corrected chi connectivity index (χ2v) is 7.21. The van der Waals surface area contributed by atoms with Crippen LogP contribution in [0.25, 0.3) is 0 Å². The summed E-state index contributed by atoms with van der Waals surface area (Å²) in [5.41, 5.74) is 4.51. The molecule has 3 aromatic rings. The topological polar surface area (TPSA) is 50.4 Å². The van der Waals surface area contributed by atoms with Crippen molar-refractivity contribution in [2.24, 2.45) is 0 Å². The fraction of sp³-hybridized carbons (Fsp3) is 0.240. The van der Waals surface area contributed by atoms with E-state index in [1.807, 2.05) is 49.4 Å². The number of benzene rings is 3. The minimum Gasteiger partial charge on any atom is -0.497 e. The fourth-order valence-corrected chi connectivity index (χ4v) is 3.20. The smallest absolute Gasteiger partial charge is 0.237 e. The summed E-state index contributed by atoms with van der Waals surface area (Å²) in [6.45, 7) is 4.45. The maximum absolute atomic E-state index is 12.7. The third-order valence-electron chi connectivity index (χ3n) is 4.98. The first-order valence-electron chi connectivity index (χ1n) is 9.85. The molecule has 3 rings (SSSR count). The molecule has 0 radical (unpaired) electrons. The highest BCUT2D eigenvalue weighted by atomic mass is 16.5. The number of aryl methyl sites for hydroxylation is 1. The van der Waals surface area contributed by atoms with Crippen molar-refractivity contribution < 1.29 is 9.53 Å². The van der Waals surface area contributed by atoms with Gasteiger partial charge in [-0.3, -0.25) is 10.1 Å². The van der Waals surface area contributed by atoms with Crippen LogP contribution in [0.1, 0.15) is 35.2 Å². The molecule has 4 nitrogen and oxygen atoms in total. The fourth-order valence-electron chi connectivity index (χ4n) is 3.20. The molecule has 0 heterocycles. The second kappa shape index (κ2) is 9.89. The molecule has 29 heavy (non-hydrogen) atoms. The number of carbonyl (C=O) groups excluding carboxylic acids is 1. The lowest BCUT2D eigenvalue weighted by Gasteiger charge is -2.24. The Kier molecular flexibility index (Phi) is 7.04. The SMILES string of the molecule is COc1ccc(CNC(=O)[C@@H](C)N[C@@H](c2ccccc2)c2ccc(C)cc2)cc1. The number of amides is 1. The number of ether oxygens (including phenoxy) is 1. The van der Waals surface area contributed by atoms with Gasteiger partial charge in [-0.15, -0.1) is 0 Å². The van der Waals surface area contributed by atoms with Gasteiger partial charge in [0.05, 0.1) is 19.2 Å². The Hall–Kier alpha value is -3.11. The number of nitrogens with one attached hydrogen (secondary N) is 2. The first-order chi connectivity index (χ1) is 14.1. The Balaban J connectivity index is 1.67. The van der Waals surface area contributed by atoms with Crippen molar-refractivity contribution in [3.8, 4) is 5.75 Å². The molecule has 0 spiro atoms. The molecule has 1 amide bonds. The van der Waals surface area contributed by atoms with Crippen LogP contribution in [0.3, 0.4) is 0 Å². The predicted octanol–water partition coefficient (Wildman–Crippen LogP) is 4.39. The number of hydrogen-bond donors (Lipinski definition) is 2. The maximum Gasteiger partial charge on any atom is 0.237 e. The highest BCUT2D eigenvalue weighted by molar-refractivity contribution is 5.81. The molecule has 0 saturated carbocycles. The number of hydrogen-bond acceptors (Lipinski definition) is 3. The van der Waals surface area contributed by atoms with Gasteiger partial charge < -0.3 is 10.1 Å². The van der Waals surface area contributed by atoms with Crippen LogP contribution < -0.4 is 15.4 Å². The van der Waals surface area contributed by atoms with E-state index in [0.717, 1.165) is 22.4 Å². The van der Waals surface area contributed by atoms with E-state index in [1.165, 1.54) is 5.56 Å². The summed E-state index contributed by atoms with van der Waals surface area (Å²) < 4.78 is 5.17. The molecule has 0 aliphatic rings. The molecule has 150 valence electrons. The Morgan fingerprint density at radius 2 is 1.52 bits per heavy atom. The monoisotopic (exact) mass is 388 g/mol. The van der Waals surface area contributed by atoms with Gasteiger partial charge in [0.2, 0.25) is 5.91 Å². The highest BCUT2D eigenvalue weighted by Crippen LogP contribution is 2.23. The zero-order valence-electron chi connectivity index (χ0n) is 17.2. The molecule has 0 aromatic heterocycles. The van der Waals surface area contributed by atoms with E-state index in [9.17, 15) is 4.79 Å². The van der Waals surface area contributed by atoms with Gasteiger partial charge in [-0.25, -0.2) is 0 Å². The molecule has 0 fully saturated rings. The van der Waals surface area contributed by atoms with E-state index in [0.29, 0.717) is 6.54 Å². The third kappa shape index (κ3) is 5.69. The molecule has 2 N–H and O–H groups in total. The summed E-state index contributed by atoms with van der Waals surface area (Å²) in [5.74, 6) is 0.771. The van der Waals surface area contributed by atoms with Crippen LogP contribution in [-0.2, 0) is 11.3 Å². The minimum atomic E-state index is -0.347. The average Bonchev–Trinajstić information content (AvgIpc) is 2.77. The molecule has 2 atom stereocenters. The molecular formula is C25H28N2O2. The third-order valence-corrected chi connectivity index (χ3v) is 4.98. The quantitative estimate of drug-likeness (QED) is 0.602. The van der Waals surface area contributed by atoms with E-state index in [1.54, 1.807) is 7.11 Å². The average molecular weight is 389 g/mol. The second-order valence-electron chi connectivity index (χ2n) is 7.21. The molecule has 0 saturated heterocycles. The Morgan fingerprint density at radius 1 is 0.897 bits per heavy atom. The van der Waals surface area contributed by atoms with Crippen LogP contribution in [0.15, 0.2) is 78.9 Å². The summed E-state index contributed by atoms with van der Waals surface area (Å²) in [7, 11) is 1.64. The van der Waals surface area contributed by atoms with E-state index < -0.39 is 0 Å². The summed E-state index contributed by atoms with van der Waals surface area (Å²) in [6.07, 6.45) is 0. The van der Waals surface area contributed by atoms with Crippen LogP contribution in [0.4, 0.5) is 0 Å². The first-order valence-corrected chi connectivity index (χ1v) is 9.85. The standard InChI is InChI=1S/C25H28N2O2/c1-18-9-13-22(14-10-18)24(21-7-5-4-6-8-21)27-19(2)25(28)26-17-20-11-15-23(29-3)16-12-20/h4-16,19,24,27H,17H2,1-3H3,(H,26,28)/t19-,24+/m1/s1. The van der Waals surface area contributed by atoms with Crippen LogP contribution >= 0.6 is 0 Å². The lowest BCUT2D eigenvalue weighted by molar-refractivity contribution is -0.123. The summed E-state index contributed by atoms with van der Waals surface area (Å²) in [6, 6.07) is 25.9. The van der Waals surface area contributed by atoms with Gasteiger partial charge in [-0.2, -0.15) is 0 Å². The zero-order chi connectivity index (χ0) is 20.6. The van der Waals surface area contributed by atoms with E-state index in [4.69, 9.17) is 4.74 Å². The summed E-state index contributed by atoms with van der Waals surface area (Å²) in [4.78, 5) is 12.7. The first kappa shape index (κ1) is 20.6. The summed E-state index contributed by atoms with van der Waals surface area (Å²) in [5, 5.41) is 6.50. The van der Waals surface area contributed by atoms with E-state index in [-0.39, 0.29) is 18.0 Å². The summed E-state index contributed by atoms with van der Waals surface area (Å²) >= 11 is 0. The normalized spacial score (nSPS) is 12.8. The van der Waals surface area contributed by atoms with Gasteiger partial charge in [0, 0.05) is 6.54 Å². The molecule has 4 heteroatoms. The predicted molar refractivity (Wildman–Crippen MR) is 117 cm³/mol. The minimum absolute atomic E-state index is 0.0335. The maximum atomic E-state index is 12.7. The van der Waals surface area contributed by atoms with Crippen molar-refractivity contribution in [2.45, 2.75) is 32.5 Å². The van der Waals surface area contributed by atoms with E-state index in [2.05, 4.69) is 54.0 Å². The number of methoxy groups -OCH3 is 1. The Bertz CT molecular complexity index is 906. The van der Waals surface area contributed by atoms with Crippen LogP contribution in [0.2, 0.25) is 0 Å². The molecule has 0 unspecified atom stereocenters. The van der Waals surface area contributed by atoms with Gasteiger partial charge in [0.1, 0.15) is 5.75 Å². The van der Waals surface area contributed by atoms with Crippen LogP contribution in [0, 0.1) is 6.92 Å². The van der Waals surface area contributed by atoms with Crippen molar-refractivity contribution in [2.75, 3.05) is 7.11 Å². The van der Waals surface area contributed by atoms with Crippen molar-refractivity contribution >= 4 is 5.91 Å². The van der Waals surface area contributed by atoms with Crippen molar-refractivity contribution in [3.05, 3.63) is 101 Å². The lowest BCUT2D eigenvalue weighted by Crippen LogP contribution is -2.43. The van der Waals surface area contributed by atoms with Gasteiger partial charge in [-0.05, 0) is 42.7 Å². The van der Waals surface area contributed by atoms with Gasteiger partial charge >= 0.3 is 0 Å². The highest BCUT2D eigenvalue weighted by Gasteiger charge is 2.20. The van der Waals surface area contributed by atoms with Gasteiger partial charge in [0.15, 0.2) is 0 Å². The Labute approximate surface area is 172 Å². The van der Waals surface area contributed by atoms with Crippen molar-refractivity contribution in [3.63, 3.8) is 0 Å². The number of carbonyl (C=O) groups is 1. The lowest BCUT2D eigenvalue weighted by atomic mass is 9.97. The Morgan fingerprint density at radius 3 is 2.14 bits per heavy atom. The van der Waals surface area contributed by atoms with E-state index >= 15 is 0 Å². The molecule has 0 bridgehead atoms. The molecule has 0 aliphatic carbocycles. The van der Waals surface area contributed by atoms with Gasteiger partial charge in [-0.1, -0.05) is 72.3 Å². The molecule has 3 aromatic carbocycles. The van der Waals surface area contributed by atoms with Crippen molar-refractivity contribution in [1.29, 1.82) is 0 Å². The van der Waals surface area contributed by atoms with Crippen LogP contribution in [0.5, 0.6) is 5.75 Å². The molecule has 0 aliphatic heterocycles. The van der Waals surface area contributed by atoms with Crippen LogP contribution in [-0.4, -0.2) is 19.1 Å². The largest absolute Gasteiger partial charge is 0.497 e. The number of rotatable bonds is 8. The molecular weight excluding hydrogens is 360 g/mol.